The zero-order valence-corrected chi connectivity index (χ0v) is 12.6. The maximum Gasteiger partial charge on any atom is 0.339 e. The summed E-state index contributed by atoms with van der Waals surface area (Å²) in [7, 11) is -1.32. The highest BCUT2D eigenvalue weighted by atomic mass is 32.2. The number of methoxy groups -OCH3 is 1. The number of carbonyl (C=O) groups excluding carboxylic acids is 1. The van der Waals surface area contributed by atoms with Crippen LogP contribution in [0.3, 0.4) is 0 Å². The molecule has 1 unspecified atom stereocenters. The van der Waals surface area contributed by atoms with Crippen molar-refractivity contribution in [3.05, 3.63) is 29.6 Å². The molecule has 1 aromatic carbocycles. The lowest BCUT2D eigenvalue weighted by Gasteiger charge is -2.24. The van der Waals surface area contributed by atoms with Gasteiger partial charge in [0.05, 0.1) is 17.6 Å². The van der Waals surface area contributed by atoms with Crippen molar-refractivity contribution in [3.63, 3.8) is 0 Å². The van der Waals surface area contributed by atoms with E-state index in [1.165, 1.54) is 11.4 Å². The predicted molar refractivity (Wildman–Crippen MR) is 74.0 cm³/mol. The van der Waals surface area contributed by atoms with Gasteiger partial charge in [-0.1, -0.05) is 0 Å². The lowest BCUT2D eigenvalue weighted by atomic mass is 10.2. The highest BCUT2D eigenvalue weighted by Crippen LogP contribution is 2.24. The average molecular weight is 316 g/mol. The molecule has 6 nitrogen and oxygen atoms in total. The fraction of sp³-hybridized carbons (Fsp3) is 0.462. The van der Waals surface area contributed by atoms with Crippen molar-refractivity contribution in [2.75, 3.05) is 27.2 Å². The number of hydrogen-bond acceptors (Lipinski definition) is 5. The summed E-state index contributed by atoms with van der Waals surface area (Å²) in [6, 6.07) is 2.79. The minimum absolute atomic E-state index is 0.189. The van der Waals surface area contributed by atoms with Crippen LogP contribution < -0.4 is 5.32 Å². The van der Waals surface area contributed by atoms with Gasteiger partial charge in [0.25, 0.3) is 0 Å². The van der Waals surface area contributed by atoms with E-state index in [-0.39, 0.29) is 16.5 Å². The quantitative estimate of drug-likeness (QED) is 0.823. The number of carbonyl (C=O) groups is 1. The zero-order chi connectivity index (χ0) is 15.6. The normalized spacial score (nSPS) is 19.0. The molecular weight excluding hydrogens is 299 g/mol. The van der Waals surface area contributed by atoms with Crippen molar-refractivity contribution in [1.82, 2.24) is 9.62 Å². The van der Waals surface area contributed by atoms with E-state index < -0.39 is 21.8 Å². The van der Waals surface area contributed by atoms with Gasteiger partial charge < -0.3 is 10.1 Å². The first-order valence-electron chi connectivity index (χ1n) is 6.44. The highest BCUT2D eigenvalue weighted by molar-refractivity contribution is 7.89. The first kappa shape index (κ1) is 15.9. The summed E-state index contributed by atoms with van der Waals surface area (Å²) in [5.41, 5.74) is -0.296. The number of likely N-dealkylation sites (N-methyl/N-ethyl adjacent to an activating group) is 1. The Labute approximate surface area is 122 Å². The number of esters is 1. The fourth-order valence-corrected chi connectivity index (χ4v) is 3.84. The zero-order valence-electron chi connectivity index (χ0n) is 11.8. The van der Waals surface area contributed by atoms with E-state index in [9.17, 15) is 17.6 Å². The van der Waals surface area contributed by atoms with E-state index in [0.717, 1.165) is 31.9 Å². The van der Waals surface area contributed by atoms with E-state index in [4.69, 9.17) is 0 Å². The van der Waals surface area contributed by atoms with Crippen LogP contribution in [0.4, 0.5) is 4.39 Å². The molecule has 1 atom stereocenters. The maximum atomic E-state index is 13.3. The maximum absolute atomic E-state index is 13.3. The molecule has 0 saturated carbocycles. The Morgan fingerprint density at radius 3 is 2.76 bits per heavy atom. The molecule has 0 bridgehead atoms. The molecular formula is C13H17FN2O4S. The molecule has 1 saturated heterocycles. The molecule has 2 rings (SSSR count). The Hall–Kier alpha value is -1.51. The molecule has 0 aliphatic carbocycles. The van der Waals surface area contributed by atoms with E-state index in [0.29, 0.717) is 13.0 Å². The highest BCUT2D eigenvalue weighted by Gasteiger charge is 2.33. The van der Waals surface area contributed by atoms with Gasteiger partial charge in [0, 0.05) is 19.6 Å². The molecule has 0 amide bonds. The lowest BCUT2D eigenvalue weighted by molar-refractivity contribution is 0.0595. The first-order chi connectivity index (χ1) is 9.87. The van der Waals surface area contributed by atoms with E-state index in [1.54, 1.807) is 0 Å². The predicted octanol–water partition coefficient (Wildman–Crippen LogP) is 0.595. The molecule has 1 aromatic rings. The molecule has 8 heteroatoms. The van der Waals surface area contributed by atoms with Gasteiger partial charge in [-0.05, 0) is 31.2 Å². The van der Waals surface area contributed by atoms with Gasteiger partial charge in [-0.25, -0.2) is 17.6 Å². The Bertz CT molecular complexity index is 642. The van der Waals surface area contributed by atoms with Gasteiger partial charge >= 0.3 is 5.97 Å². The second kappa shape index (κ2) is 6.08. The molecule has 0 radical (unpaired) electrons. The van der Waals surface area contributed by atoms with Gasteiger partial charge in [-0.15, -0.1) is 0 Å². The van der Waals surface area contributed by atoms with Crippen LogP contribution in [0.1, 0.15) is 16.8 Å². The number of rotatable bonds is 4. The third kappa shape index (κ3) is 3.07. The van der Waals surface area contributed by atoms with Crippen LogP contribution in [-0.4, -0.2) is 52.0 Å². The molecule has 1 aliphatic rings. The van der Waals surface area contributed by atoms with Crippen LogP contribution >= 0.6 is 0 Å². The summed E-state index contributed by atoms with van der Waals surface area (Å²) in [6.45, 7) is 1.28. The average Bonchev–Trinajstić information content (AvgIpc) is 2.99. The number of halogens is 1. The first-order valence-corrected chi connectivity index (χ1v) is 7.88. The Morgan fingerprint density at radius 1 is 1.48 bits per heavy atom. The van der Waals surface area contributed by atoms with Crippen LogP contribution in [-0.2, 0) is 14.8 Å². The minimum atomic E-state index is -3.90. The SMILES string of the molecule is COC(=O)c1cc(F)ccc1S(=O)(=O)N(C)C1CCNC1. The third-order valence-corrected chi connectivity index (χ3v) is 5.52. The summed E-state index contributed by atoms with van der Waals surface area (Å²) in [6.07, 6.45) is 0.685. The van der Waals surface area contributed by atoms with Gasteiger partial charge in [-0.3, -0.25) is 0 Å². The number of nitrogens with zero attached hydrogens (tertiary/aromatic N) is 1. The van der Waals surface area contributed by atoms with Crippen LogP contribution in [0, 0.1) is 5.82 Å². The molecule has 0 aromatic heterocycles. The summed E-state index contributed by atoms with van der Waals surface area (Å²) in [4.78, 5) is 11.4. The molecule has 0 spiro atoms. The van der Waals surface area contributed by atoms with Crippen LogP contribution in [0.2, 0.25) is 0 Å². The van der Waals surface area contributed by atoms with Crippen molar-refractivity contribution in [3.8, 4) is 0 Å². The molecule has 1 N–H and O–H groups in total. The smallest absolute Gasteiger partial charge is 0.339 e. The number of ether oxygens (including phenoxy) is 1. The topological polar surface area (TPSA) is 75.7 Å². The van der Waals surface area contributed by atoms with Gasteiger partial charge in [0.1, 0.15) is 5.82 Å². The van der Waals surface area contributed by atoms with Gasteiger partial charge in [-0.2, -0.15) is 4.31 Å². The molecule has 116 valence electrons. The second-order valence-electron chi connectivity index (χ2n) is 4.80. The number of nitrogens with one attached hydrogen (secondary N) is 1. The van der Waals surface area contributed by atoms with Crippen molar-refractivity contribution in [2.45, 2.75) is 17.4 Å². The third-order valence-electron chi connectivity index (χ3n) is 3.55. The fourth-order valence-electron chi connectivity index (χ4n) is 2.30. The largest absolute Gasteiger partial charge is 0.465 e. The summed E-state index contributed by atoms with van der Waals surface area (Å²) >= 11 is 0. The summed E-state index contributed by atoms with van der Waals surface area (Å²) < 4.78 is 44.3. The van der Waals surface area contributed by atoms with Crippen LogP contribution in [0.15, 0.2) is 23.1 Å². The standard InChI is InChI=1S/C13H17FN2O4S/c1-16(10-5-6-15-8-10)21(18,19)12-4-3-9(14)7-11(12)13(17)20-2/h3-4,7,10,15H,5-6,8H2,1-2H3. The molecule has 1 aliphatic heterocycles. The van der Waals surface area contributed by atoms with E-state index >= 15 is 0 Å². The second-order valence-corrected chi connectivity index (χ2v) is 6.77. The van der Waals surface area contributed by atoms with Crippen molar-refractivity contribution < 1.29 is 22.3 Å². The minimum Gasteiger partial charge on any atom is -0.465 e. The van der Waals surface area contributed by atoms with Crippen molar-refractivity contribution in [1.29, 1.82) is 0 Å². The number of hydrogen-bond donors (Lipinski definition) is 1. The molecule has 21 heavy (non-hydrogen) atoms. The Balaban J connectivity index is 2.46. The summed E-state index contributed by atoms with van der Waals surface area (Å²) in [5, 5.41) is 3.08. The molecule has 1 heterocycles. The molecule has 1 fully saturated rings. The van der Waals surface area contributed by atoms with E-state index in [2.05, 4.69) is 10.1 Å². The Kier molecular flexibility index (Phi) is 4.60. The Morgan fingerprint density at radius 2 is 2.19 bits per heavy atom. The number of benzene rings is 1. The van der Waals surface area contributed by atoms with Crippen molar-refractivity contribution in [2.24, 2.45) is 0 Å². The van der Waals surface area contributed by atoms with Crippen LogP contribution in [0.25, 0.3) is 0 Å². The van der Waals surface area contributed by atoms with Gasteiger partial charge in [0.15, 0.2) is 0 Å². The van der Waals surface area contributed by atoms with Gasteiger partial charge in [0.2, 0.25) is 10.0 Å². The number of sulfonamides is 1. The summed E-state index contributed by atoms with van der Waals surface area (Å²) in [5.74, 6) is -1.58. The van der Waals surface area contributed by atoms with Crippen LogP contribution in [0.5, 0.6) is 0 Å². The lowest BCUT2D eigenvalue weighted by Crippen LogP contribution is -2.39. The van der Waals surface area contributed by atoms with Crippen molar-refractivity contribution >= 4 is 16.0 Å². The van der Waals surface area contributed by atoms with E-state index in [1.807, 2.05) is 0 Å². The monoisotopic (exact) mass is 316 g/mol.